The van der Waals surface area contributed by atoms with Crippen LogP contribution in [0, 0.1) is 13.8 Å². The van der Waals surface area contributed by atoms with Gasteiger partial charge in [-0.2, -0.15) is 0 Å². The molecule has 4 nitrogen and oxygen atoms in total. The summed E-state index contributed by atoms with van der Waals surface area (Å²) in [6.45, 7) is 7.51. The Hall–Kier alpha value is -1.32. The van der Waals surface area contributed by atoms with Crippen LogP contribution in [0.1, 0.15) is 50.4 Å². The summed E-state index contributed by atoms with van der Waals surface area (Å²) in [4.78, 5) is 11.7. The van der Waals surface area contributed by atoms with Crippen LogP contribution in [0.2, 0.25) is 0 Å². The molecule has 4 heteroatoms. The molecule has 1 aliphatic rings. The Morgan fingerprint density at radius 3 is 2.68 bits per heavy atom. The molecule has 0 saturated carbocycles. The Morgan fingerprint density at radius 2 is 2.00 bits per heavy atom. The molecule has 1 fully saturated rings. The monoisotopic (exact) mass is 262 g/mol. The highest BCUT2D eigenvalue weighted by atomic mass is 15.2. The van der Waals surface area contributed by atoms with E-state index in [9.17, 15) is 0 Å². The molecular weight excluding hydrogens is 236 g/mol. The fourth-order valence-electron chi connectivity index (χ4n) is 3.02. The zero-order valence-corrected chi connectivity index (χ0v) is 12.7. The van der Waals surface area contributed by atoms with E-state index < -0.39 is 0 Å². The molecule has 1 unspecified atom stereocenters. The van der Waals surface area contributed by atoms with E-state index in [-0.39, 0.29) is 0 Å². The SMILES string of the molecule is CCC1CCCCCN1c1nc(C)nc(NC)c1C. The fourth-order valence-corrected chi connectivity index (χ4v) is 3.02. The van der Waals surface area contributed by atoms with Crippen LogP contribution >= 0.6 is 0 Å². The van der Waals surface area contributed by atoms with Crippen LogP contribution in [0.5, 0.6) is 0 Å². The molecule has 0 bridgehead atoms. The van der Waals surface area contributed by atoms with Gasteiger partial charge in [-0.1, -0.05) is 19.8 Å². The Balaban J connectivity index is 2.40. The Kier molecular flexibility index (Phi) is 4.61. The van der Waals surface area contributed by atoms with Crippen LogP contribution in [0.25, 0.3) is 0 Å². The molecule has 0 aliphatic carbocycles. The number of aromatic nitrogens is 2. The average Bonchev–Trinajstić information content (AvgIpc) is 2.65. The van der Waals surface area contributed by atoms with E-state index in [0.29, 0.717) is 6.04 Å². The van der Waals surface area contributed by atoms with Gasteiger partial charge in [0.25, 0.3) is 0 Å². The minimum atomic E-state index is 0.625. The highest BCUT2D eigenvalue weighted by Gasteiger charge is 2.23. The van der Waals surface area contributed by atoms with Gasteiger partial charge in [-0.25, -0.2) is 9.97 Å². The van der Waals surface area contributed by atoms with Gasteiger partial charge in [0.2, 0.25) is 0 Å². The van der Waals surface area contributed by atoms with Crippen molar-refractivity contribution in [2.24, 2.45) is 0 Å². The number of rotatable bonds is 3. The number of anilines is 2. The summed E-state index contributed by atoms with van der Waals surface area (Å²) in [5.41, 5.74) is 1.17. The first-order valence-electron chi connectivity index (χ1n) is 7.47. The third-order valence-electron chi connectivity index (χ3n) is 4.09. The van der Waals surface area contributed by atoms with E-state index in [1.54, 1.807) is 0 Å². The normalized spacial score (nSPS) is 20.2. The van der Waals surface area contributed by atoms with E-state index in [1.807, 2.05) is 14.0 Å². The molecule has 1 aromatic rings. The van der Waals surface area contributed by atoms with Gasteiger partial charge in [0.15, 0.2) is 0 Å². The van der Waals surface area contributed by atoms with Crippen molar-refractivity contribution in [1.82, 2.24) is 9.97 Å². The largest absolute Gasteiger partial charge is 0.373 e. The van der Waals surface area contributed by atoms with E-state index in [1.165, 1.54) is 37.7 Å². The van der Waals surface area contributed by atoms with Crippen molar-refractivity contribution in [2.45, 2.75) is 58.9 Å². The number of hydrogen-bond donors (Lipinski definition) is 1. The predicted molar refractivity (Wildman–Crippen MR) is 80.9 cm³/mol. The van der Waals surface area contributed by atoms with Crippen molar-refractivity contribution in [1.29, 1.82) is 0 Å². The molecule has 106 valence electrons. The Bertz CT molecular complexity index is 430. The van der Waals surface area contributed by atoms with Gasteiger partial charge in [-0.05, 0) is 33.1 Å². The van der Waals surface area contributed by atoms with E-state index in [4.69, 9.17) is 4.98 Å². The molecule has 0 amide bonds. The second-order valence-corrected chi connectivity index (χ2v) is 5.42. The highest BCUT2D eigenvalue weighted by Crippen LogP contribution is 2.29. The lowest BCUT2D eigenvalue weighted by Gasteiger charge is -2.32. The van der Waals surface area contributed by atoms with Gasteiger partial charge < -0.3 is 10.2 Å². The third-order valence-corrected chi connectivity index (χ3v) is 4.09. The first-order valence-corrected chi connectivity index (χ1v) is 7.47. The van der Waals surface area contributed by atoms with Gasteiger partial charge in [-0.15, -0.1) is 0 Å². The van der Waals surface area contributed by atoms with Crippen molar-refractivity contribution in [2.75, 3.05) is 23.8 Å². The maximum absolute atomic E-state index is 4.72. The summed E-state index contributed by atoms with van der Waals surface area (Å²) in [7, 11) is 1.93. The molecule has 1 N–H and O–H groups in total. The zero-order valence-electron chi connectivity index (χ0n) is 12.7. The lowest BCUT2D eigenvalue weighted by molar-refractivity contribution is 0.550. The smallest absolute Gasteiger partial charge is 0.137 e. The molecule has 1 atom stereocenters. The zero-order chi connectivity index (χ0) is 13.8. The molecule has 1 aromatic heterocycles. The fraction of sp³-hybridized carbons (Fsp3) is 0.733. The summed E-state index contributed by atoms with van der Waals surface area (Å²) in [6.07, 6.45) is 6.44. The second kappa shape index (κ2) is 6.22. The molecule has 19 heavy (non-hydrogen) atoms. The van der Waals surface area contributed by atoms with Crippen molar-refractivity contribution in [3.8, 4) is 0 Å². The summed E-state index contributed by atoms with van der Waals surface area (Å²) >= 11 is 0. The topological polar surface area (TPSA) is 41.1 Å². The van der Waals surface area contributed by atoms with Crippen LogP contribution in [-0.4, -0.2) is 29.6 Å². The highest BCUT2D eigenvalue weighted by molar-refractivity contribution is 5.59. The van der Waals surface area contributed by atoms with Gasteiger partial charge in [0.05, 0.1) is 0 Å². The number of aryl methyl sites for hydroxylation is 1. The van der Waals surface area contributed by atoms with Gasteiger partial charge in [0.1, 0.15) is 17.5 Å². The number of nitrogens with one attached hydrogen (secondary N) is 1. The third kappa shape index (κ3) is 2.99. The van der Waals surface area contributed by atoms with Crippen molar-refractivity contribution >= 4 is 11.6 Å². The quantitative estimate of drug-likeness (QED) is 0.907. The number of hydrogen-bond acceptors (Lipinski definition) is 4. The van der Waals surface area contributed by atoms with E-state index in [2.05, 4.69) is 29.0 Å². The van der Waals surface area contributed by atoms with Crippen LogP contribution < -0.4 is 10.2 Å². The lowest BCUT2D eigenvalue weighted by Crippen LogP contribution is -2.36. The summed E-state index contributed by atoms with van der Waals surface area (Å²) in [5.74, 6) is 2.94. The maximum atomic E-state index is 4.72. The molecule has 0 spiro atoms. The molecule has 0 radical (unpaired) electrons. The van der Waals surface area contributed by atoms with Crippen molar-refractivity contribution < 1.29 is 0 Å². The molecule has 1 aliphatic heterocycles. The van der Waals surface area contributed by atoms with E-state index in [0.717, 1.165) is 24.0 Å². The number of nitrogens with zero attached hydrogens (tertiary/aromatic N) is 3. The van der Waals surface area contributed by atoms with Gasteiger partial charge in [-0.3, -0.25) is 0 Å². The van der Waals surface area contributed by atoms with E-state index >= 15 is 0 Å². The summed E-state index contributed by atoms with van der Waals surface area (Å²) < 4.78 is 0. The average molecular weight is 262 g/mol. The summed E-state index contributed by atoms with van der Waals surface area (Å²) in [5, 5.41) is 3.19. The van der Waals surface area contributed by atoms with Crippen LogP contribution in [0.3, 0.4) is 0 Å². The molecule has 2 rings (SSSR count). The molecule has 2 heterocycles. The van der Waals surface area contributed by atoms with Crippen molar-refractivity contribution in [3.05, 3.63) is 11.4 Å². The Morgan fingerprint density at radius 1 is 1.21 bits per heavy atom. The predicted octanol–water partition coefficient (Wildman–Crippen LogP) is 3.29. The van der Waals surface area contributed by atoms with Gasteiger partial charge >= 0.3 is 0 Å². The maximum Gasteiger partial charge on any atom is 0.137 e. The molecule has 0 aromatic carbocycles. The minimum absolute atomic E-state index is 0.625. The molecule has 1 saturated heterocycles. The first-order chi connectivity index (χ1) is 9.17. The van der Waals surface area contributed by atoms with Gasteiger partial charge in [0, 0.05) is 25.2 Å². The second-order valence-electron chi connectivity index (χ2n) is 5.42. The van der Waals surface area contributed by atoms with Crippen LogP contribution in [0.15, 0.2) is 0 Å². The standard InChI is InChI=1S/C15H26N4/c1-5-13-9-7-6-8-10-19(13)15-11(2)14(16-4)17-12(3)18-15/h13H,5-10H2,1-4H3,(H,16,17,18). The van der Waals surface area contributed by atoms with Crippen molar-refractivity contribution in [3.63, 3.8) is 0 Å². The lowest BCUT2D eigenvalue weighted by atomic mass is 10.1. The minimum Gasteiger partial charge on any atom is -0.373 e. The first kappa shape index (κ1) is 14.1. The molecular formula is C15H26N4. The van der Waals surface area contributed by atoms with Crippen LogP contribution in [-0.2, 0) is 0 Å². The Labute approximate surface area is 116 Å². The van der Waals surface area contributed by atoms with Crippen LogP contribution in [0.4, 0.5) is 11.6 Å². The summed E-state index contributed by atoms with van der Waals surface area (Å²) in [6, 6.07) is 0.625.